The lowest BCUT2D eigenvalue weighted by Gasteiger charge is -2.39. The van der Waals surface area contributed by atoms with Gasteiger partial charge >= 0.3 is 6.18 Å². The SMILES string of the molecule is CC1CN(C(=O)Cc2noc(-c3cccc(C(F)(F)F)c3)n2)CCN1C(=O)c1ccncc1. The fourth-order valence-electron chi connectivity index (χ4n) is 3.66. The molecule has 11 heteroatoms. The van der Waals surface area contributed by atoms with Gasteiger partial charge in [-0.2, -0.15) is 18.2 Å². The van der Waals surface area contributed by atoms with Crippen LogP contribution in [0.15, 0.2) is 53.3 Å². The predicted molar refractivity (Wildman–Crippen MR) is 110 cm³/mol. The molecule has 0 bridgehead atoms. The maximum absolute atomic E-state index is 12.9. The van der Waals surface area contributed by atoms with Crippen molar-refractivity contribution in [3.8, 4) is 11.5 Å². The molecule has 0 radical (unpaired) electrons. The standard InChI is InChI=1S/C22H20F3N5O3/c1-14-13-29(9-10-30(14)21(32)15-5-7-26-8-6-15)19(31)12-18-27-20(33-28-18)16-3-2-4-17(11-16)22(23,24)25/h2-8,11,14H,9-10,12-13H2,1H3. The summed E-state index contributed by atoms with van der Waals surface area (Å²) in [5.41, 5.74) is -0.178. The van der Waals surface area contributed by atoms with Crippen molar-refractivity contribution in [3.63, 3.8) is 0 Å². The zero-order valence-electron chi connectivity index (χ0n) is 17.6. The molecule has 33 heavy (non-hydrogen) atoms. The van der Waals surface area contributed by atoms with Gasteiger partial charge in [0.1, 0.15) is 0 Å². The summed E-state index contributed by atoms with van der Waals surface area (Å²) in [6.07, 6.45) is -1.55. The molecule has 0 spiro atoms. The Balaban J connectivity index is 1.38. The van der Waals surface area contributed by atoms with Crippen molar-refractivity contribution in [1.82, 2.24) is 24.9 Å². The molecule has 0 aliphatic carbocycles. The molecule has 1 saturated heterocycles. The molecule has 172 valence electrons. The number of nitrogens with zero attached hydrogens (tertiary/aromatic N) is 5. The lowest BCUT2D eigenvalue weighted by Crippen LogP contribution is -2.55. The van der Waals surface area contributed by atoms with E-state index in [0.29, 0.717) is 25.2 Å². The summed E-state index contributed by atoms with van der Waals surface area (Å²) in [6, 6.07) is 7.63. The smallest absolute Gasteiger partial charge is 0.338 e. The van der Waals surface area contributed by atoms with Crippen molar-refractivity contribution >= 4 is 11.8 Å². The highest BCUT2D eigenvalue weighted by molar-refractivity contribution is 5.94. The third-order valence-corrected chi connectivity index (χ3v) is 5.38. The highest BCUT2D eigenvalue weighted by Gasteiger charge is 2.32. The average Bonchev–Trinajstić information content (AvgIpc) is 3.27. The van der Waals surface area contributed by atoms with Gasteiger partial charge in [-0.15, -0.1) is 0 Å². The molecular formula is C22H20F3N5O3. The molecule has 1 aliphatic heterocycles. The van der Waals surface area contributed by atoms with Crippen LogP contribution in [-0.4, -0.2) is 62.4 Å². The molecule has 1 fully saturated rings. The summed E-state index contributed by atoms with van der Waals surface area (Å²) in [4.78, 5) is 36.7. The first kappa shape index (κ1) is 22.4. The second-order valence-corrected chi connectivity index (χ2v) is 7.69. The molecule has 3 heterocycles. The largest absolute Gasteiger partial charge is 0.416 e. The topological polar surface area (TPSA) is 92.4 Å². The minimum absolute atomic E-state index is 0.0790. The fourth-order valence-corrected chi connectivity index (χ4v) is 3.66. The minimum atomic E-state index is -4.49. The third kappa shape index (κ3) is 5.02. The van der Waals surface area contributed by atoms with Crippen LogP contribution in [0.5, 0.6) is 0 Å². The van der Waals surface area contributed by atoms with Crippen LogP contribution in [0, 0.1) is 0 Å². The van der Waals surface area contributed by atoms with E-state index in [9.17, 15) is 22.8 Å². The highest BCUT2D eigenvalue weighted by atomic mass is 19.4. The van der Waals surface area contributed by atoms with Crippen LogP contribution in [0.2, 0.25) is 0 Å². The molecule has 1 unspecified atom stereocenters. The van der Waals surface area contributed by atoms with Gasteiger partial charge in [0, 0.05) is 49.2 Å². The zero-order chi connectivity index (χ0) is 23.6. The number of carbonyl (C=O) groups is 2. The van der Waals surface area contributed by atoms with Gasteiger partial charge in [-0.25, -0.2) is 0 Å². The van der Waals surface area contributed by atoms with Crippen molar-refractivity contribution in [2.45, 2.75) is 25.6 Å². The zero-order valence-corrected chi connectivity index (χ0v) is 17.6. The number of alkyl halides is 3. The number of carbonyl (C=O) groups excluding carboxylic acids is 2. The van der Waals surface area contributed by atoms with E-state index in [-0.39, 0.29) is 41.6 Å². The fraction of sp³-hybridized carbons (Fsp3) is 0.318. The van der Waals surface area contributed by atoms with Crippen LogP contribution in [0.4, 0.5) is 13.2 Å². The molecule has 4 rings (SSSR count). The maximum atomic E-state index is 12.9. The van der Waals surface area contributed by atoms with Crippen molar-refractivity contribution in [3.05, 3.63) is 65.7 Å². The van der Waals surface area contributed by atoms with Crippen LogP contribution >= 0.6 is 0 Å². The van der Waals surface area contributed by atoms with Crippen LogP contribution in [-0.2, 0) is 17.4 Å². The van der Waals surface area contributed by atoms with Crippen LogP contribution < -0.4 is 0 Å². The molecule has 1 aromatic carbocycles. The molecular weight excluding hydrogens is 439 g/mol. The van der Waals surface area contributed by atoms with Crippen molar-refractivity contribution in [2.75, 3.05) is 19.6 Å². The molecule has 8 nitrogen and oxygen atoms in total. The number of amides is 2. The Hall–Kier alpha value is -3.76. The Kier molecular flexibility index (Phi) is 6.12. The molecule has 3 aromatic rings. The Labute approximate surface area is 187 Å². The molecule has 1 atom stereocenters. The van der Waals surface area contributed by atoms with E-state index in [0.717, 1.165) is 12.1 Å². The van der Waals surface area contributed by atoms with Crippen LogP contribution in [0.25, 0.3) is 11.5 Å². The third-order valence-electron chi connectivity index (χ3n) is 5.38. The van der Waals surface area contributed by atoms with Crippen molar-refractivity contribution in [2.24, 2.45) is 0 Å². The van der Waals surface area contributed by atoms with E-state index in [2.05, 4.69) is 15.1 Å². The van der Waals surface area contributed by atoms with Gasteiger partial charge in [0.05, 0.1) is 12.0 Å². The van der Waals surface area contributed by atoms with E-state index in [4.69, 9.17) is 4.52 Å². The van der Waals surface area contributed by atoms with Gasteiger partial charge in [0.25, 0.3) is 11.8 Å². The number of rotatable bonds is 4. The normalized spacial score (nSPS) is 16.7. The maximum Gasteiger partial charge on any atom is 0.416 e. The Morgan fingerprint density at radius 3 is 2.61 bits per heavy atom. The molecule has 0 N–H and O–H groups in total. The summed E-state index contributed by atoms with van der Waals surface area (Å²) in [7, 11) is 0. The molecule has 2 amide bonds. The summed E-state index contributed by atoms with van der Waals surface area (Å²) in [5.74, 6) is -0.393. The van der Waals surface area contributed by atoms with E-state index in [1.165, 1.54) is 12.1 Å². The Morgan fingerprint density at radius 1 is 1.15 bits per heavy atom. The first-order valence-electron chi connectivity index (χ1n) is 10.2. The van der Waals surface area contributed by atoms with Crippen molar-refractivity contribution < 1.29 is 27.3 Å². The number of hydrogen-bond donors (Lipinski definition) is 0. The number of hydrogen-bond acceptors (Lipinski definition) is 6. The number of piperazine rings is 1. The van der Waals surface area contributed by atoms with Gasteiger partial charge in [-0.1, -0.05) is 11.2 Å². The van der Waals surface area contributed by atoms with Gasteiger partial charge in [-0.3, -0.25) is 14.6 Å². The van der Waals surface area contributed by atoms with E-state index in [1.807, 2.05) is 6.92 Å². The predicted octanol–water partition coefficient (Wildman–Crippen LogP) is 3.07. The van der Waals surface area contributed by atoms with Gasteiger partial charge in [0.15, 0.2) is 5.82 Å². The second kappa shape index (κ2) is 9.00. The van der Waals surface area contributed by atoms with E-state index >= 15 is 0 Å². The molecule has 2 aromatic heterocycles. The summed E-state index contributed by atoms with van der Waals surface area (Å²) in [6.45, 7) is 2.92. The van der Waals surface area contributed by atoms with E-state index < -0.39 is 11.7 Å². The first-order chi connectivity index (χ1) is 15.7. The summed E-state index contributed by atoms with van der Waals surface area (Å²) in [5, 5.41) is 3.74. The van der Waals surface area contributed by atoms with Gasteiger partial charge in [0.2, 0.25) is 5.91 Å². The number of benzene rings is 1. The number of pyridine rings is 1. The van der Waals surface area contributed by atoms with Crippen molar-refractivity contribution in [1.29, 1.82) is 0 Å². The highest BCUT2D eigenvalue weighted by Crippen LogP contribution is 2.31. The molecule has 0 saturated carbocycles. The van der Waals surface area contributed by atoms with Crippen LogP contribution in [0.3, 0.4) is 0 Å². The summed E-state index contributed by atoms with van der Waals surface area (Å²) >= 11 is 0. The summed E-state index contributed by atoms with van der Waals surface area (Å²) < 4.78 is 43.9. The Bertz CT molecular complexity index is 1150. The van der Waals surface area contributed by atoms with E-state index in [1.54, 1.807) is 34.3 Å². The quantitative estimate of drug-likeness (QED) is 0.596. The minimum Gasteiger partial charge on any atom is -0.338 e. The average molecular weight is 459 g/mol. The number of aromatic nitrogens is 3. The number of halogens is 3. The van der Waals surface area contributed by atoms with Gasteiger partial charge in [-0.05, 0) is 37.3 Å². The monoisotopic (exact) mass is 459 g/mol. The molecule has 1 aliphatic rings. The lowest BCUT2D eigenvalue weighted by molar-refractivity contribution is -0.137. The van der Waals surface area contributed by atoms with Crippen LogP contribution in [0.1, 0.15) is 28.7 Å². The first-order valence-corrected chi connectivity index (χ1v) is 10.2. The second-order valence-electron chi connectivity index (χ2n) is 7.69. The Morgan fingerprint density at radius 2 is 1.91 bits per heavy atom. The van der Waals surface area contributed by atoms with Gasteiger partial charge < -0.3 is 14.3 Å². The lowest BCUT2D eigenvalue weighted by atomic mass is 10.1.